The number of nitrogens with two attached hydrogens (primary N) is 1. The van der Waals surface area contributed by atoms with Crippen LogP contribution in [0.5, 0.6) is 0 Å². The minimum atomic E-state index is -0.199. The van der Waals surface area contributed by atoms with E-state index in [2.05, 4.69) is 25.7 Å². The molecule has 0 aromatic carbocycles. The van der Waals surface area contributed by atoms with Crippen molar-refractivity contribution in [2.75, 3.05) is 26.2 Å². The number of esters is 1. The van der Waals surface area contributed by atoms with Gasteiger partial charge in [-0.15, -0.1) is 0 Å². The molecule has 0 spiro atoms. The van der Waals surface area contributed by atoms with Crippen molar-refractivity contribution in [2.45, 2.75) is 65.3 Å². The first-order valence-corrected chi connectivity index (χ1v) is 9.47. The summed E-state index contributed by atoms with van der Waals surface area (Å²) in [6, 6.07) is 0. The molecular weight excluding hydrogens is 288 g/mol. The van der Waals surface area contributed by atoms with Crippen molar-refractivity contribution < 1.29 is 9.53 Å². The van der Waals surface area contributed by atoms with Gasteiger partial charge in [-0.3, -0.25) is 9.69 Å². The highest BCUT2D eigenvalue weighted by molar-refractivity contribution is 5.75. The van der Waals surface area contributed by atoms with Crippen molar-refractivity contribution >= 4 is 5.97 Å². The molecule has 1 heterocycles. The summed E-state index contributed by atoms with van der Waals surface area (Å²) in [5.74, 6) is 0.415. The third-order valence-corrected chi connectivity index (χ3v) is 8.00. The molecule has 4 nitrogen and oxygen atoms in total. The number of carbonyl (C=O) groups is 1. The van der Waals surface area contributed by atoms with Gasteiger partial charge in [0.05, 0.1) is 12.5 Å². The monoisotopic (exact) mass is 322 g/mol. The van der Waals surface area contributed by atoms with Crippen LogP contribution in [0.3, 0.4) is 0 Å². The van der Waals surface area contributed by atoms with E-state index < -0.39 is 0 Å². The largest absolute Gasteiger partial charge is 0.466 e. The first kappa shape index (κ1) is 17.2. The Bertz CT molecular complexity index is 472. The molecule has 0 amide bonds. The molecule has 0 aromatic heterocycles. The molecule has 0 aromatic rings. The first-order chi connectivity index (χ1) is 10.8. The first-order valence-electron chi connectivity index (χ1n) is 9.47. The number of hydrogen-bond acceptors (Lipinski definition) is 4. The topological polar surface area (TPSA) is 55.6 Å². The Labute approximate surface area is 141 Å². The van der Waals surface area contributed by atoms with Gasteiger partial charge in [0.1, 0.15) is 0 Å². The lowest BCUT2D eigenvalue weighted by Crippen LogP contribution is -2.65. The Morgan fingerprint density at radius 1 is 1.30 bits per heavy atom. The van der Waals surface area contributed by atoms with E-state index in [0.717, 1.165) is 19.5 Å². The Morgan fingerprint density at radius 3 is 2.39 bits per heavy atom. The quantitative estimate of drug-likeness (QED) is 0.791. The summed E-state index contributed by atoms with van der Waals surface area (Å²) in [7, 11) is 0. The van der Waals surface area contributed by atoms with Crippen LogP contribution in [0.1, 0.15) is 59.8 Å². The maximum absolute atomic E-state index is 12.8. The highest BCUT2D eigenvalue weighted by atomic mass is 16.5. The molecule has 23 heavy (non-hydrogen) atoms. The van der Waals surface area contributed by atoms with Crippen LogP contribution in [-0.4, -0.2) is 42.6 Å². The Balaban J connectivity index is 2.08. The smallest absolute Gasteiger partial charge is 0.312 e. The van der Waals surface area contributed by atoms with Crippen LogP contribution in [0.15, 0.2) is 0 Å². The van der Waals surface area contributed by atoms with Gasteiger partial charge in [-0.2, -0.15) is 0 Å². The van der Waals surface area contributed by atoms with Gasteiger partial charge in [0, 0.05) is 12.1 Å². The molecule has 4 heteroatoms. The SMILES string of the molecule is CCOC(=O)C(CN)C1(N2CCCC2)CC2CCC1(C)C2(C)C. The molecule has 2 N–H and O–H groups in total. The summed E-state index contributed by atoms with van der Waals surface area (Å²) in [4.78, 5) is 15.5. The van der Waals surface area contributed by atoms with Gasteiger partial charge >= 0.3 is 5.97 Å². The van der Waals surface area contributed by atoms with E-state index in [9.17, 15) is 4.79 Å². The van der Waals surface area contributed by atoms with E-state index in [0.29, 0.717) is 19.1 Å². The Morgan fingerprint density at radius 2 is 1.96 bits per heavy atom. The highest BCUT2D eigenvalue weighted by Crippen LogP contribution is 2.73. The summed E-state index contributed by atoms with van der Waals surface area (Å²) in [5, 5.41) is 0. The average molecular weight is 322 g/mol. The lowest BCUT2D eigenvalue weighted by molar-refractivity contribution is -0.161. The molecule has 132 valence electrons. The number of fused-ring (bicyclic) bond motifs is 2. The number of ether oxygens (including phenoxy) is 1. The zero-order valence-electron chi connectivity index (χ0n) is 15.4. The molecule has 2 aliphatic carbocycles. The van der Waals surface area contributed by atoms with Gasteiger partial charge in [0.15, 0.2) is 0 Å². The maximum Gasteiger partial charge on any atom is 0.312 e. The van der Waals surface area contributed by atoms with E-state index in [1.807, 2.05) is 6.92 Å². The average Bonchev–Trinajstić information content (AvgIpc) is 3.14. The zero-order valence-corrected chi connectivity index (χ0v) is 15.4. The minimum absolute atomic E-state index is 0.0773. The van der Waals surface area contributed by atoms with E-state index in [-0.39, 0.29) is 28.3 Å². The summed E-state index contributed by atoms with van der Waals surface area (Å²) < 4.78 is 5.47. The zero-order chi connectivity index (χ0) is 16.9. The predicted molar refractivity (Wildman–Crippen MR) is 91.9 cm³/mol. The third-order valence-electron chi connectivity index (χ3n) is 8.00. The van der Waals surface area contributed by atoms with Gasteiger partial charge in [-0.1, -0.05) is 20.8 Å². The molecule has 3 fully saturated rings. The molecule has 3 rings (SSSR count). The van der Waals surface area contributed by atoms with Crippen LogP contribution in [-0.2, 0) is 9.53 Å². The van der Waals surface area contributed by atoms with E-state index in [1.165, 1.54) is 25.7 Å². The normalized spacial score (nSPS) is 40.5. The summed E-state index contributed by atoms with van der Waals surface area (Å²) in [5.41, 5.74) is 6.46. The van der Waals surface area contributed by atoms with Crippen LogP contribution in [0.25, 0.3) is 0 Å². The maximum atomic E-state index is 12.8. The van der Waals surface area contributed by atoms with E-state index in [1.54, 1.807) is 0 Å². The fraction of sp³-hybridized carbons (Fsp3) is 0.947. The van der Waals surface area contributed by atoms with Crippen LogP contribution in [0.2, 0.25) is 0 Å². The van der Waals surface area contributed by atoms with Crippen molar-refractivity contribution in [3.63, 3.8) is 0 Å². The third kappa shape index (κ3) is 2.07. The van der Waals surface area contributed by atoms with E-state index in [4.69, 9.17) is 10.5 Å². The van der Waals surface area contributed by atoms with Gasteiger partial charge in [-0.25, -0.2) is 0 Å². The second kappa shape index (κ2) is 5.73. The highest BCUT2D eigenvalue weighted by Gasteiger charge is 2.73. The molecule has 4 unspecified atom stereocenters. The summed E-state index contributed by atoms with van der Waals surface area (Å²) >= 11 is 0. The number of carbonyl (C=O) groups excluding carboxylic acids is 1. The molecule has 1 aliphatic heterocycles. The predicted octanol–water partition coefficient (Wildman–Crippen LogP) is 2.81. The second-order valence-corrected chi connectivity index (χ2v) is 8.65. The van der Waals surface area contributed by atoms with Crippen LogP contribution < -0.4 is 5.73 Å². The summed E-state index contributed by atoms with van der Waals surface area (Å²) in [6.45, 7) is 12.2. The molecule has 4 atom stereocenters. The molecule has 2 bridgehead atoms. The van der Waals surface area contributed by atoms with Gasteiger partial charge in [-0.05, 0) is 68.9 Å². The molecule has 2 saturated carbocycles. The summed E-state index contributed by atoms with van der Waals surface area (Å²) in [6.07, 6.45) is 6.08. The van der Waals surface area contributed by atoms with Crippen LogP contribution in [0, 0.1) is 22.7 Å². The van der Waals surface area contributed by atoms with Crippen molar-refractivity contribution in [3.05, 3.63) is 0 Å². The van der Waals surface area contributed by atoms with Crippen molar-refractivity contribution in [3.8, 4) is 0 Å². The second-order valence-electron chi connectivity index (χ2n) is 8.65. The van der Waals surface area contributed by atoms with Crippen molar-refractivity contribution in [2.24, 2.45) is 28.4 Å². The standard InChI is InChI=1S/C19H34N2O2/c1-5-23-16(22)15(13-20)19(21-10-6-7-11-21)12-14-8-9-18(19,4)17(14,2)3/h14-15H,5-13,20H2,1-4H3. The molecule has 3 aliphatic rings. The number of rotatable bonds is 5. The lowest BCUT2D eigenvalue weighted by atomic mass is 9.57. The minimum Gasteiger partial charge on any atom is -0.466 e. The Hall–Kier alpha value is -0.610. The van der Waals surface area contributed by atoms with Gasteiger partial charge in [0.2, 0.25) is 0 Å². The lowest BCUT2D eigenvalue weighted by Gasteiger charge is -2.56. The van der Waals surface area contributed by atoms with Crippen LogP contribution >= 0.6 is 0 Å². The molecule has 1 saturated heterocycles. The number of nitrogens with zero attached hydrogens (tertiary/aromatic N) is 1. The molecular formula is C19H34N2O2. The fourth-order valence-corrected chi connectivity index (χ4v) is 6.40. The van der Waals surface area contributed by atoms with Gasteiger partial charge < -0.3 is 10.5 Å². The number of hydrogen-bond donors (Lipinski definition) is 1. The van der Waals surface area contributed by atoms with Crippen molar-refractivity contribution in [1.29, 1.82) is 0 Å². The fourth-order valence-electron chi connectivity index (χ4n) is 6.40. The van der Waals surface area contributed by atoms with Gasteiger partial charge in [0.25, 0.3) is 0 Å². The number of likely N-dealkylation sites (tertiary alicyclic amines) is 1. The Kier molecular flexibility index (Phi) is 4.29. The molecule has 0 radical (unpaired) electrons. The van der Waals surface area contributed by atoms with Crippen LogP contribution in [0.4, 0.5) is 0 Å². The van der Waals surface area contributed by atoms with Crippen molar-refractivity contribution in [1.82, 2.24) is 4.90 Å². The van der Waals surface area contributed by atoms with E-state index >= 15 is 0 Å².